The van der Waals surface area contributed by atoms with Gasteiger partial charge >= 0.3 is 0 Å². The summed E-state index contributed by atoms with van der Waals surface area (Å²) in [6, 6.07) is 8.67. The standard InChI is InChI=1S/C33H41N3O7/c1-6-7-8-16-9-11-17(12-10-16)19-15-22(35(2)3)20-13-18-14-21-26(36(4)5)29(39)25(32(34)42)31(41)33(21,43)30(40)23(18)28(38)24(20)27(19)37/h9-12,15,18,21,26,32,37-38,41-43H,6-8,13-14,34H2,1-5H3/t18-,21-,26-,32?,33-/m0/s1. The number of nitrogens with two attached hydrogens (primary N) is 1. The number of hydrogen-bond acceptors (Lipinski definition) is 10. The Morgan fingerprint density at radius 3 is 2.28 bits per heavy atom. The fraction of sp³-hybridized carbons (Fsp3) is 0.455. The van der Waals surface area contributed by atoms with E-state index in [0.29, 0.717) is 11.1 Å². The number of likely N-dealkylation sites (N-methyl/N-ethyl adjacent to an activating group) is 1. The zero-order valence-corrected chi connectivity index (χ0v) is 25.3. The maximum atomic E-state index is 14.2. The Kier molecular flexibility index (Phi) is 7.93. The number of Topliss-reactive ketones (excluding diaryl/α,β-unsaturated/α-hetero) is 2. The Bertz CT molecular complexity index is 1540. The van der Waals surface area contributed by atoms with Gasteiger partial charge in [0.15, 0.2) is 11.4 Å². The number of phenolic OH excluding ortho intramolecular Hbond substituents is 1. The summed E-state index contributed by atoms with van der Waals surface area (Å²) in [6.07, 6.45) is 1.48. The fourth-order valence-corrected chi connectivity index (χ4v) is 7.22. The Morgan fingerprint density at radius 2 is 1.72 bits per heavy atom. The fourth-order valence-electron chi connectivity index (χ4n) is 7.22. The Labute approximate surface area is 251 Å². The van der Waals surface area contributed by atoms with Crippen molar-refractivity contribution in [3.8, 4) is 16.9 Å². The number of benzene rings is 2. The topological polar surface area (TPSA) is 168 Å². The van der Waals surface area contributed by atoms with Crippen molar-refractivity contribution in [3.63, 3.8) is 0 Å². The average molecular weight is 592 g/mol. The summed E-state index contributed by atoms with van der Waals surface area (Å²) in [4.78, 5) is 31.0. The molecule has 1 unspecified atom stereocenters. The molecule has 10 heteroatoms. The molecule has 0 aliphatic heterocycles. The van der Waals surface area contributed by atoms with Crippen LogP contribution < -0.4 is 10.6 Å². The lowest BCUT2D eigenvalue weighted by atomic mass is 9.57. The summed E-state index contributed by atoms with van der Waals surface area (Å²) in [5.74, 6) is -5.02. The molecule has 0 saturated heterocycles. The van der Waals surface area contributed by atoms with Crippen molar-refractivity contribution in [3.05, 3.63) is 63.9 Å². The molecule has 0 amide bonds. The predicted octanol–water partition coefficient (Wildman–Crippen LogP) is 2.83. The van der Waals surface area contributed by atoms with Crippen LogP contribution in [0.1, 0.15) is 42.9 Å². The summed E-state index contributed by atoms with van der Waals surface area (Å²) in [7, 11) is 6.93. The molecule has 230 valence electrons. The summed E-state index contributed by atoms with van der Waals surface area (Å²) >= 11 is 0. The van der Waals surface area contributed by atoms with Crippen LogP contribution >= 0.6 is 0 Å². The lowest BCUT2D eigenvalue weighted by molar-refractivity contribution is -0.154. The SMILES string of the molecule is CCCCc1ccc(-c2cc(N(C)C)c3c(c2O)C(O)=C2C(=O)[C@]4(O)C(O)=C(C(N)O)C(=O)[C@@H](N(C)C)[C@@H]4C[C@@H]2C3)cc1. The van der Waals surface area contributed by atoms with Crippen LogP contribution in [-0.2, 0) is 22.4 Å². The third-order valence-corrected chi connectivity index (χ3v) is 9.35. The van der Waals surface area contributed by atoms with E-state index in [1.165, 1.54) is 10.5 Å². The molecular weight excluding hydrogens is 550 g/mol. The first kappa shape index (κ1) is 30.7. The van der Waals surface area contributed by atoms with Crippen molar-refractivity contribution >= 4 is 23.0 Å². The van der Waals surface area contributed by atoms with Gasteiger partial charge < -0.3 is 36.2 Å². The number of aryl methyl sites for hydroxylation is 1. The molecule has 1 fully saturated rings. The maximum Gasteiger partial charge on any atom is 0.202 e. The van der Waals surface area contributed by atoms with Crippen molar-refractivity contribution in [1.82, 2.24) is 4.90 Å². The van der Waals surface area contributed by atoms with Crippen molar-refractivity contribution < 1.29 is 35.1 Å². The molecule has 0 heterocycles. The summed E-state index contributed by atoms with van der Waals surface area (Å²) in [6.45, 7) is 2.14. The molecule has 3 aliphatic rings. The van der Waals surface area contributed by atoms with Gasteiger partial charge in [0.2, 0.25) is 5.78 Å². The number of hydrogen-bond donors (Lipinski definition) is 6. The number of aromatic hydroxyl groups is 1. The number of aliphatic hydroxyl groups excluding tert-OH is 3. The molecule has 7 N–H and O–H groups in total. The van der Waals surface area contributed by atoms with E-state index >= 15 is 0 Å². The number of aliphatic hydroxyl groups is 4. The molecule has 0 spiro atoms. The zero-order chi connectivity index (χ0) is 31.5. The van der Waals surface area contributed by atoms with E-state index < -0.39 is 58.4 Å². The van der Waals surface area contributed by atoms with Gasteiger partial charge in [0, 0.05) is 36.8 Å². The van der Waals surface area contributed by atoms with Gasteiger partial charge in [-0.2, -0.15) is 0 Å². The van der Waals surface area contributed by atoms with Crippen LogP contribution in [0.15, 0.2) is 47.2 Å². The highest BCUT2D eigenvalue weighted by Crippen LogP contribution is 2.55. The molecule has 0 aromatic heterocycles. The quantitative estimate of drug-likeness (QED) is 0.264. The van der Waals surface area contributed by atoms with Gasteiger partial charge in [0.1, 0.15) is 23.5 Å². The Morgan fingerprint density at radius 1 is 1.07 bits per heavy atom. The van der Waals surface area contributed by atoms with E-state index in [4.69, 9.17) is 5.73 Å². The minimum absolute atomic E-state index is 0.0717. The smallest absolute Gasteiger partial charge is 0.202 e. The second-order valence-electron chi connectivity index (χ2n) is 12.4. The summed E-state index contributed by atoms with van der Waals surface area (Å²) in [5.41, 5.74) is 6.09. The highest BCUT2D eigenvalue weighted by Gasteiger charge is 2.64. The molecule has 10 nitrogen and oxygen atoms in total. The number of nitrogens with zero attached hydrogens (tertiary/aromatic N) is 2. The van der Waals surface area contributed by atoms with E-state index in [2.05, 4.69) is 6.92 Å². The van der Waals surface area contributed by atoms with Crippen LogP contribution in [0.2, 0.25) is 0 Å². The van der Waals surface area contributed by atoms with Crippen molar-refractivity contribution in [2.45, 2.75) is 56.9 Å². The highest BCUT2D eigenvalue weighted by atomic mass is 16.4. The van der Waals surface area contributed by atoms with E-state index in [9.17, 15) is 35.1 Å². The molecule has 0 bridgehead atoms. The molecule has 0 radical (unpaired) electrons. The number of phenols is 1. The van der Waals surface area contributed by atoms with Gasteiger partial charge in [-0.3, -0.25) is 14.5 Å². The molecule has 5 rings (SSSR count). The van der Waals surface area contributed by atoms with Crippen LogP contribution in [0.25, 0.3) is 16.9 Å². The second kappa shape index (κ2) is 11.1. The first-order valence-corrected chi connectivity index (χ1v) is 14.7. The number of rotatable bonds is 7. The van der Waals surface area contributed by atoms with Crippen LogP contribution in [0.5, 0.6) is 5.75 Å². The number of carbonyl (C=O) groups is 2. The van der Waals surface area contributed by atoms with Crippen LogP contribution in [-0.4, -0.2) is 88.1 Å². The van der Waals surface area contributed by atoms with Gasteiger partial charge in [-0.1, -0.05) is 37.6 Å². The van der Waals surface area contributed by atoms with Crippen LogP contribution in [0.3, 0.4) is 0 Å². The number of unbranched alkanes of at least 4 members (excludes halogenated alkanes) is 1. The highest BCUT2D eigenvalue weighted by molar-refractivity contribution is 6.14. The van der Waals surface area contributed by atoms with Crippen molar-refractivity contribution in [1.29, 1.82) is 0 Å². The Balaban J connectivity index is 1.70. The van der Waals surface area contributed by atoms with Gasteiger partial charge in [0.25, 0.3) is 0 Å². The minimum atomic E-state index is -2.61. The van der Waals surface area contributed by atoms with Crippen LogP contribution in [0, 0.1) is 11.8 Å². The molecule has 43 heavy (non-hydrogen) atoms. The van der Waals surface area contributed by atoms with Gasteiger partial charge in [-0.05, 0) is 68.5 Å². The Hall–Kier alpha value is -3.70. The minimum Gasteiger partial charge on any atom is -0.508 e. The molecule has 3 aliphatic carbocycles. The van der Waals surface area contributed by atoms with Crippen molar-refractivity contribution in [2.75, 3.05) is 33.1 Å². The molecular formula is C33H41N3O7. The van der Waals surface area contributed by atoms with E-state index in [1.54, 1.807) is 14.1 Å². The molecule has 2 aromatic carbocycles. The van der Waals surface area contributed by atoms with Gasteiger partial charge in [-0.25, -0.2) is 0 Å². The lowest BCUT2D eigenvalue weighted by Gasteiger charge is -2.50. The van der Waals surface area contributed by atoms with Gasteiger partial charge in [-0.15, -0.1) is 0 Å². The van der Waals surface area contributed by atoms with Gasteiger partial charge in [0.05, 0.1) is 17.2 Å². The molecule has 2 aromatic rings. The van der Waals surface area contributed by atoms with E-state index in [1.807, 2.05) is 49.3 Å². The third-order valence-electron chi connectivity index (χ3n) is 9.35. The number of ketones is 2. The van der Waals surface area contributed by atoms with Crippen molar-refractivity contribution in [2.24, 2.45) is 17.6 Å². The van der Waals surface area contributed by atoms with E-state index in [0.717, 1.165) is 30.5 Å². The maximum absolute atomic E-state index is 14.2. The summed E-state index contributed by atoms with van der Waals surface area (Å²) in [5, 5.41) is 56.5. The number of carbonyl (C=O) groups excluding carboxylic acids is 2. The van der Waals surface area contributed by atoms with Crippen LogP contribution in [0.4, 0.5) is 5.69 Å². The second-order valence-corrected chi connectivity index (χ2v) is 12.4. The average Bonchev–Trinajstić information content (AvgIpc) is 2.93. The first-order valence-electron chi connectivity index (χ1n) is 14.7. The first-order chi connectivity index (χ1) is 20.2. The molecule has 1 saturated carbocycles. The lowest BCUT2D eigenvalue weighted by Crippen LogP contribution is -2.66. The monoisotopic (exact) mass is 591 g/mol. The number of anilines is 1. The number of fused-ring (bicyclic) bond motifs is 3. The normalized spacial score (nSPS) is 25.9. The largest absolute Gasteiger partial charge is 0.508 e. The van der Waals surface area contributed by atoms with E-state index in [-0.39, 0.29) is 29.7 Å². The predicted molar refractivity (Wildman–Crippen MR) is 164 cm³/mol. The zero-order valence-electron chi connectivity index (χ0n) is 25.3. The molecule has 5 atom stereocenters. The third kappa shape index (κ3) is 4.64. The summed E-state index contributed by atoms with van der Waals surface area (Å²) < 4.78 is 0.